The van der Waals surface area contributed by atoms with E-state index < -0.39 is 5.95 Å². The lowest BCUT2D eigenvalue weighted by Gasteiger charge is -2.03. The topological polar surface area (TPSA) is 24.9 Å². The highest BCUT2D eigenvalue weighted by atomic mass is 32.1. The smallest absolute Gasteiger partial charge is 0.214 e. The third kappa shape index (κ3) is 2.29. The van der Waals surface area contributed by atoms with Gasteiger partial charge in [-0.25, -0.2) is 4.98 Å². The van der Waals surface area contributed by atoms with Crippen LogP contribution < -0.4 is 5.32 Å². The summed E-state index contributed by atoms with van der Waals surface area (Å²) in [6.07, 6.45) is 1.45. The molecule has 1 N–H and O–H groups in total. The van der Waals surface area contributed by atoms with Crippen molar-refractivity contribution in [3.8, 4) is 0 Å². The van der Waals surface area contributed by atoms with Crippen LogP contribution in [0.1, 0.15) is 5.56 Å². The fourth-order valence-electron chi connectivity index (χ4n) is 1.11. The molecule has 2 nitrogen and oxygen atoms in total. The van der Waals surface area contributed by atoms with E-state index in [1.807, 2.05) is 11.4 Å². The molecule has 2 aromatic rings. The summed E-state index contributed by atoms with van der Waals surface area (Å²) in [6, 6.07) is 5.16. The van der Waals surface area contributed by atoms with E-state index >= 15 is 0 Å². The fourth-order valence-corrected chi connectivity index (χ4v) is 1.78. The Labute approximate surface area is 85.4 Å². The molecule has 2 heterocycles. The van der Waals surface area contributed by atoms with Crippen LogP contribution in [0.25, 0.3) is 0 Å². The van der Waals surface area contributed by atoms with E-state index in [0.29, 0.717) is 6.54 Å². The molecule has 0 bridgehead atoms. The molecule has 0 aliphatic heterocycles. The van der Waals surface area contributed by atoms with Gasteiger partial charge in [-0.1, -0.05) is 0 Å². The monoisotopic (exact) mass is 208 g/mol. The van der Waals surface area contributed by atoms with Crippen molar-refractivity contribution in [2.45, 2.75) is 6.54 Å². The number of nitrogens with one attached hydrogen (secondary N) is 1. The van der Waals surface area contributed by atoms with Gasteiger partial charge in [0, 0.05) is 24.5 Å². The summed E-state index contributed by atoms with van der Waals surface area (Å²) < 4.78 is 12.7. The normalized spacial score (nSPS) is 10.1. The van der Waals surface area contributed by atoms with Crippen molar-refractivity contribution in [1.29, 1.82) is 0 Å². The lowest BCUT2D eigenvalue weighted by Crippen LogP contribution is -1.98. The van der Waals surface area contributed by atoms with Gasteiger partial charge in [-0.2, -0.15) is 15.7 Å². The number of rotatable bonds is 3. The van der Waals surface area contributed by atoms with Crippen molar-refractivity contribution in [1.82, 2.24) is 4.98 Å². The second-order valence-electron chi connectivity index (χ2n) is 2.85. The summed E-state index contributed by atoms with van der Waals surface area (Å²) in [5.74, 6) is -0.458. The van der Waals surface area contributed by atoms with Gasteiger partial charge >= 0.3 is 0 Å². The van der Waals surface area contributed by atoms with Gasteiger partial charge in [0.05, 0.1) is 0 Å². The lowest BCUT2D eigenvalue weighted by molar-refractivity contribution is 0.584. The molecule has 0 radical (unpaired) electrons. The molecule has 0 fully saturated rings. The van der Waals surface area contributed by atoms with Crippen molar-refractivity contribution in [3.05, 3.63) is 46.7 Å². The number of hydrogen-bond donors (Lipinski definition) is 1. The minimum atomic E-state index is -0.458. The summed E-state index contributed by atoms with van der Waals surface area (Å²) in [7, 11) is 0. The molecular formula is C10H9FN2S. The molecule has 0 aliphatic rings. The number of anilines is 1. The van der Waals surface area contributed by atoms with Crippen LogP contribution in [-0.2, 0) is 6.54 Å². The molecule has 0 amide bonds. The predicted molar refractivity (Wildman–Crippen MR) is 55.8 cm³/mol. The number of pyridine rings is 1. The number of aromatic nitrogens is 1. The van der Waals surface area contributed by atoms with Crippen LogP contribution in [-0.4, -0.2) is 4.98 Å². The zero-order valence-electron chi connectivity index (χ0n) is 7.40. The second kappa shape index (κ2) is 4.19. The molecule has 2 rings (SSSR count). The molecule has 0 saturated carbocycles. The quantitative estimate of drug-likeness (QED) is 0.784. The standard InChI is InChI=1S/C10H9FN2S/c11-10-5-9(1-3-12-10)13-6-8-2-4-14-7-8/h1-5,7H,6H2,(H,12,13). The minimum absolute atomic E-state index is 0.458. The van der Waals surface area contributed by atoms with Gasteiger partial charge in [0.2, 0.25) is 5.95 Å². The van der Waals surface area contributed by atoms with Crippen molar-refractivity contribution in [2.24, 2.45) is 0 Å². The maximum atomic E-state index is 12.7. The zero-order chi connectivity index (χ0) is 9.80. The highest BCUT2D eigenvalue weighted by Gasteiger charge is 1.96. The molecule has 72 valence electrons. The van der Waals surface area contributed by atoms with Crippen molar-refractivity contribution in [3.63, 3.8) is 0 Å². The molecule has 0 atom stereocenters. The van der Waals surface area contributed by atoms with E-state index in [1.54, 1.807) is 17.4 Å². The van der Waals surface area contributed by atoms with E-state index in [0.717, 1.165) is 5.69 Å². The van der Waals surface area contributed by atoms with E-state index in [9.17, 15) is 4.39 Å². The Morgan fingerprint density at radius 1 is 1.43 bits per heavy atom. The van der Waals surface area contributed by atoms with Gasteiger partial charge in [-0.05, 0) is 28.5 Å². The van der Waals surface area contributed by atoms with Crippen molar-refractivity contribution in [2.75, 3.05) is 5.32 Å². The molecule has 2 aromatic heterocycles. The first kappa shape index (κ1) is 9.15. The Morgan fingerprint density at radius 3 is 3.07 bits per heavy atom. The Hall–Kier alpha value is -1.42. The van der Waals surface area contributed by atoms with Gasteiger partial charge in [-0.3, -0.25) is 0 Å². The Morgan fingerprint density at radius 2 is 2.36 bits per heavy atom. The minimum Gasteiger partial charge on any atom is -0.381 e. The first-order chi connectivity index (χ1) is 6.84. The van der Waals surface area contributed by atoms with Gasteiger partial charge < -0.3 is 5.32 Å². The molecule has 14 heavy (non-hydrogen) atoms. The first-order valence-corrected chi connectivity index (χ1v) is 5.15. The van der Waals surface area contributed by atoms with Crippen LogP contribution in [0.3, 0.4) is 0 Å². The van der Waals surface area contributed by atoms with Gasteiger partial charge in [0.15, 0.2) is 0 Å². The maximum Gasteiger partial charge on any atom is 0.214 e. The first-order valence-electron chi connectivity index (χ1n) is 4.21. The summed E-state index contributed by atoms with van der Waals surface area (Å²) in [5, 5.41) is 7.19. The van der Waals surface area contributed by atoms with E-state index in [2.05, 4.69) is 15.7 Å². The SMILES string of the molecule is Fc1cc(NCc2ccsc2)ccn1. The largest absolute Gasteiger partial charge is 0.381 e. The Balaban J connectivity index is 1.98. The number of hydrogen-bond acceptors (Lipinski definition) is 3. The predicted octanol–water partition coefficient (Wildman–Crippen LogP) is 2.89. The highest BCUT2D eigenvalue weighted by molar-refractivity contribution is 7.07. The van der Waals surface area contributed by atoms with Crippen molar-refractivity contribution < 1.29 is 4.39 Å². The third-order valence-electron chi connectivity index (χ3n) is 1.80. The molecule has 0 unspecified atom stereocenters. The van der Waals surface area contributed by atoms with E-state index in [-0.39, 0.29) is 0 Å². The summed E-state index contributed by atoms with van der Waals surface area (Å²) in [5.41, 5.74) is 1.95. The molecular weight excluding hydrogens is 199 g/mol. The highest BCUT2D eigenvalue weighted by Crippen LogP contribution is 2.11. The third-order valence-corrected chi connectivity index (χ3v) is 2.54. The van der Waals surface area contributed by atoms with E-state index in [4.69, 9.17) is 0 Å². The zero-order valence-corrected chi connectivity index (χ0v) is 8.22. The maximum absolute atomic E-state index is 12.7. The van der Waals surface area contributed by atoms with Gasteiger partial charge in [0.25, 0.3) is 0 Å². The fraction of sp³-hybridized carbons (Fsp3) is 0.100. The summed E-state index contributed by atoms with van der Waals surface area (Å²) in [4.78, 5) is 3.48. The van der Waals surface area contributed by atoms with Crippen LogP contribution >= 0.6 is 11.3 Å². The average molecular weight is 208 g/mol. The van der Waals surface area contributed by atoms with E-state index in [1.165, 1.54) is 17.8 Å². The molecule has 0 aromatic carbocycles. The summed E-state index contributed by atoms with van der Waals surface area (Å²) in [6.45, 7) is 0.715. The van der Waals surface area contributed by atoms with Crippen LogP contribution in [0.4, 0.5) is 10.1 Å². The average Bonchev–Trinajstić information content (AvgIpc) is 2.67. The second-order valence-corrected chi connectivity index (χ2v) is 3.63. The Bertz CT molecular complexity index is 400. The van der Waals surface area contributed by atoms with Crippen LogP contribution in [0, 0.1) is 5.95 Å². The lowest BCUT2D eigenvalue weighted by atomic mass is 10.3. The van der Waals surface area contributed by atoms with Crippen LogP contribution in [0.2, 0.25) is 0 Å². The molecule has 0 aliphatic carbocycles. The summed E-state index contributed by atoms with van der Waals surface area (Å²) >= 11 is 1.65. The van der Waals surface area contributed by atoms with Crippen LogP contribution in [0.15, 0.2) is 35.2 Å². The van der Waals surface area contributed by atoms with Gasteiger partial charge in [0.1, 0.15) is 0 Å². The molecule has 4 heteroatoms. The van der Waals surface area contributed by atoms with Crippen LogP contribution in [0.5, 0.6) is 0 Å². The van der Waals surface area contributed by atoms with Crippen molar-refractivity contribution >= 4 is 17.0 Å². The molecule has 0 saturated heterocycles. The number of halogens is 1. The number of thiophene rings is 1. The van der Waals surface area contributed by atoms with Gasteiger partial charge in [-0.15, -0.1) is 0 Å². The molecule has 0 spiro atoms. The number of nitrogens with zero attached hydrogens (tertiary/aromatic N) is 1. The Kier molecular flexibility index (Phi) is 2.74.